The molecule has 0 fully saturated rings. The first kappa shape index (κ1) is 10.6. The molecule has 0 bridgehead atoms. The minimum Gasteiger partial charge on any atom is -0.313 e. The number of aromatic nitrogens is 4. The summed E-state index contributed by atoms with van der Waals surface area (Å²) in [5.74, 6) is 0. The number of rotatable bonds is 3. The first-order chi connectivity index (χ1) is 7.76. The van der Waals surface area contributed by atoms with Crippen molar-refractivity contribution in [3.05, 3.63) is 34.6 Å². The topological polar surface area (TPSA) is 63.6 Å². The van der Waals surface area contributed by atoms with Gasteiger partial charge in [0.1, 0.15) is 0 Å². The zero-order valence-corrected chi connectivity index (χ0v) is 9.40. The highest BCUT2D eigenvalue weighted by Gasteiger charge is 2.10. The highest BCUT2D eigenvalue weighted by Crippen LogP contribution is 2.17. The molecule has 1 N–H and O–H groups in total. The van der Waals surface area contributed by atoms with E-state index in [4.69, 9.17) is 0 Å². The molecule has 5 nitrogen and oxygen atoms in total. The fraction of sp³-hybridized carbons (Fsp3) is 0.364. The zero-order chi connectivity index (χ0) is 11.5. The van der Waals surface area contributed by atoms with Gasteiger partial charge in [-0.3, -0.25) is 9.48 Å². The van der Waals surface area contributed by atoms with E-state index in [1.807, 2.05) is 24.7 Å². The van der Waals surface area contributed by atoms with Crippen molar-refractivity contribution in [1.29, 1.82) is 0 Å². The molecule has 0 aliphatic rings. The number of aromatic amines is 1. The SMILES string of the molecule is CCc1c(-c2cnn(CC)c2)nc[nH]c1=O. The summed E-state index contributed by atoms with van der Waals surface area (Å²) in [6.45, 7) is 4.77. The van der Waals surface area contributed by atoms with Crippen molar-refractivity contribution >= 4 is 0 Å². The fourth-order valence-corrected chi connectivity index (χ4v) is 1.66. The van der Waals surface area contributed by atoms with E-state index >= 15 is 0 Å². The van der Waals surface area contributed by atoms with Crippen LogP contribution in [0.25, 0.3) is 11.3 Å². The monoisotopic (exact) mass is 218 g/mol. The molecule has 2 rings (SSSR count). The first-order valence-electron chi connectivity index (χ1n) is 5.35. The summed E-state index contributed by atoms with van der Waals surface area (Å²) in [5.41, 5.74) is 2.26. The number of H-pyrrole nitrogens is 1. The normalized spacial score (nSPS) is 10.6. The third kappa shape index (κ3) is 1.76. The second kappa shape index (κ2) is 4.30. The summed E-state index contributed by atoms with van der Waals surface area (Å²) in [4.78, 5) is 18.4. The van der Waals surface area contributed by atoms with Crippen molar-refractivity contribution in [3.63, 3.8) is 0 Å². The van der Waals surface area contributed by atoms with Gasteiger partial charge in [0, 0.05) is 23.9 Å². The van der Waals surface area contributed by atoms with Crippen LogP contribution in [-0.4, -0.2) is 19.7 Å². The quantitative estimate of drug-likeness (QED) is 0.842. The summed E-state index contributed by atoms with van der Waals surface area (Å²) in [7, 11) is 0. The third-order valence-electron chi connectivity index (χ3n) is 2.53. The van der Waals surface area contributed by atoms with Gasteiger partial charge in [0.05, 0.1) is 18.2 Å². The summed E-state index contributed by atoms with van der Waals surface area (Å²) in [6, 6.07) is 0. The van der Waals surface area contributed by atoms with Crippen molar-refractivity contribution < 1.29 is 0 Å². The molecule has 2 aromatic rings. The van der Waals surface area contributed by atoms with E-state index in [0.717, 1.165) is 17.8 Å². The Morgan fingerprint density at radius 2 is 2.25 bits per heavy atom. The smallest absolute Gasteiger partial charge is 0.254 e. The van der Waals surface area contributed by atoms with Crippen LogP contribution in [0.3, 0.4) is 0 Å². The molecule has 84 valence electrons. The molecule has 0 atom stereocenters. The molecule has 0 saturated heterocycles. The number of nitrogens with one attached hydrogen (secondary N) is 1. The second-order valence-corrected chi connectivity index (χ2v) is 3.50. The second-order valence-electron chi connectivity index (χ2n) is 3.50. The Hall–Kier alpha value is -1.91. The van der Waals surface area contributed by atoms with Crippen LogP contribution < -0.4 is 5.56 Å². The molecule has 2 aromatic heterocycles. The van der Waals surface area contributed by atoms with Crippen LogP contribution in [0.2, 0.25) is 0 Å². The molecular formula is C11H14N4O. The summed E-state index contributed by atoms with van der Waals surface area (Å²) < 4.78 is 1.82. The predicted octanol–water partition coefficient (Wildman–Crippen LogP) is 1.22. The Balaban J connectivity index is 2.55. The molecule has 0 amide bonds. The lowest BCUT2D eigenvalue weighted by atomic mass is 10.1. The lowest BCUT2D eigenvalue weighted by molar-refractivity contribution is 0.660. The number of nitrogens with zero attached hydrogens (tertiary/aromatic N) is 3. The standard InChI is InChI=1S/C11H14N4O/c1-3-9-10(12-7-13-11(9)16)8-5-14-15(4-2)6-8/h5-7H,3-4H2,1-2H3,(H,12,13,16). The van der Waals surface area contributed by atoms with E-state index in [2.05, 4.69) is 15.1 Å². The largest absolute Gasteiger partial charge is 0.313 e. The van der Waals surface area contributed by atoms with Gasteiger partial charge in [-0.25, -0.2) is 4.98 Å². The minimum absolute atomic E-state index is 0.0725. The van der Waals surface area contributed by atoms with Crippen LogP contribution in [0, 0.1) is 0 Å². The highest BCUT2D eigenvalue weighted by atomic mass is 16.1. The predicted molar refractivity (Wildman–Crippen MR) is 61.1 cm³/mol. The van der Waals surface area contributed by atoms with Gasteiger partial charge in [0.15, 0.2) is 0 Å². The van der Waals surface area contributed by atoms with Gasteiger partial charge in [-0.15, -0.1) is 0 Å². The van der Waals surface area contributed by atoms with Crippen molar-refractivity contribution in [3.8, 4) is 11.3 Å². The molecule has 16 heavy (non-hydrogen) atoms. The van der Waals surface area contributed by atoms with E-state index in [1.165, 1.54) is 6.33 Å². The van der Waals surface area contributed by atoms with E-state index in [9.17, 15) is 4.79 Å². The molecule has 0 spiro atoms. The molecule has 5 heteroatoms. The van der Waals surface area contributed by atoms with E-state index in [1.54, 1.807) is 6.20 Å². The van der Waals surface area contributed by atoms with E-state index in [0.29, 0.717) is 12.0 Å². The van der Waals surface area contributed by atoms with Gasteiger partial charge < -0.3 is 4.98 Å². The highest BCUT2D eigenvalue weighted by molar-refractivity contribution is 5.60. The molecule has 2 heterocycles. The van der Waals surface area contributed by atoms with Crippen LogP contribution in [0.15, 0.2) is 23.5 Å². The Kier molecular flexibility index (Phi) is 2.85. The molecule has 0 aliphatic carbocycles. The Morgan fingerprint density at radius 1 is 1.44 bits per heavy atom. The third-order valence-corrected chi connectivity index (χ3v) is 2.53. The van der Waals surface area contributed by atoms with Gasteiger partial charge in [-0.2, -0.15) is 5.10 Å². The van der Waals surface area contributed by atoms with Crippen molar-refractivity contribution in [2.24, 2.45) is 0 Å². The van der Waals surface area contributed by atoms with Gasteiger partial charge in [-0.05, 0) is 13.3 Å². The summed E-state index contributed by atoms with van der Waals surface area (Å²) in [6.07, 6.45) is 5.74. The van der Waals surface area contributed by atoms with Crippen LogP contribution in [0.1, 0.15) is 19.4 Å². The average Bonchev–Trinajstić information content (AvgIpc) is 2.77. The van der Waals surface area contributed by atoms with Crippen LogP contribution in [-0.2, 0) is 13.0 Å². The molecule has 0 aromatic carbocycles. The number of aryl methyl sites for hydroxylation is 1. The van der Waals surface area contributed by atoms with Crippen LogP contribution in [0.4, 0.5) is 0 Å². The van der Waals surface area contributed by atoms with Crippen LogP contribution >= 0.6 is 0 Å². The summed E-state index contributed by atoms with van der Waals surface area (Å²) >= 11 is 0. The molecule has 0 saturated carbocycles. The van der Waals surface area contributed by atoms with E-state index in [-0.39, 0.29) is 5.56 Å². The molecule has 0 aliphatic heterocycles. The zero-order valence-electron chi connectivity index (χ0n) is 9.40. The maximum Gasteiger partial charge on any atom is 0.254 e. The van der Waals surface area contributed by atoms with E-state index < -0.39 is 0 Å². The maximum atomic E-state index is 11.6. The van der Waals surface area contributed by atoms with Crippen molar-refractivity contribution in [2.45, 2.75) is 26.8 Å². The van der Waals surface area contributed by atoms with Crippen molar-refractivity contribution in [2.75, 3.05) is 0 Å². The lowest BCUT2D eigenvalue weighted by Gasteiger charge is -2.01. The molecule has 0 unspecified atom stereocenters. The van der Waals surface area contributed by atoms with Gasteiger partial charge in [0.25, 0.3) is 5.56 Å². The van der Waals surface area contributed by atoms with Gasteiger partial charge in [0.2, 0.25) is 0 Å². The number of hydrogen-bond acceptors (Lipinski definition) is 3. The van der Waals surface area contributed by atoms with Gasteiger partial charge >= 0.3 is 0 Å². The van der Waals surface area contributed by atoms with Crippen molar-refractivity contribution in [1.82, 2.24) is 19.7 Å². The Bertz CT molecular complexity index is 541. The molecule has 0 radical (unpaired) electrons. The Labute approximate surface area is 93.2 Å². The fourth-order valence-electron chi connectivity index (χ4n) is 1.66. The first-order valence-corrected chi connectivity index (χ1v) is 5.35. The number of hydrogen-bond donors (Lipinski definition) is 1. The van der Waals surface area contributed by atoms with Gasteiger partial charge in [-0.1, -0.05) is 6.92 Å². The molecular weight excluding hydrogens is 204 g/mol. The summed E-state index contributed by atoms with van der Waals surface area (Å²) in [5, 5.41) is 4.18. The van der Waals surface area contributed by atoms with Crippen LogP contribution in [0.5, 0.6) is 0 Å². The average molecular weight is 218 g/mol. The maximum absolute atomic E-state index is 11.6. The Morgan fingerprint density at radius 3 is 2.88 bits per heavy atom. The lowest BCUT2D eigenvalue weighted by Crippen LogP contribution is -2.13. The minimum atomic E-state index is -0.0725.